The number of aliphatic hydroxyl groups is 2. The Morgan fingerprint density at radius 2 is 2.17 bits per heavy atom. The first-order valence-corrected chi connectivity index (χ1v) is 3.85. The molecule has 0 aliphatic carbocycles. The van der Waals surface area contributed by atoms with E-state index >= 15 is 0 Å². The van der Waals surface area contributed by atoms with Gasteiger partial charge >= 0.3 is 0 Å². The SMILES string of the molecule is CNC(=O)C(C)NCC(O)CO. The molecule has 0 bridgehead atoms. The molecule has 0 aromatic carbocycles. The van der Waals surface area contributed by atoms with Crippen molar-refractivity contribution < 1.29 is 15.0 Å². The van der Waals surface area contributed by atoms with Crippen LogP contribution in [0.4, 0.5) is 0 Å². The third-order valence-corrected chi connectivity index (χ3v) is 1.51. The second-order valence-electron chi connectivity index (χ2n) is 2.58. The van der Waals surface area contributed by atoms with Crippen LogP contribution in [-0.4, -0.2) is 48.5 Å². The van der Waals surface area contributed by atoms with Gasteiger partial charge < -0.3 is 20.8 Å². The van der Waals surface area contributed by atoms with Gasteiger partial charge in [-0.15, -0.1) is 0 Å². The molecule has 0 aliphatic heterocycles. The first kappa shape index (κ1) is 11.4. The summed E-state index contributed by atoms with van der Waals surface area (Å²) < 4.78 is 0. The summed E-state index contributed by atoms with van der Waals surface area (Å²) in [5, 5.41) is 22.6. The number of hydrogen-bond donors (Lipinski definition) is 4. The molecule has 0 radical (unpaired) electrons. The lowest BCUT2D eigenvalue weighted by Gasteiger charge is -2.14. The summed E-state index contributed by atoms with van der Waals surface area (Å²) in [5.41, 5.74) is 0. The Kier molecular flexibility index (Phi) is 5.61. The predicted octanol–water partition coefficient (Wildman–Crippen LogP) is -1.94. The standard InChI is InChI=1S/C7H16N2O3/c1-5(7(12)8-2)9-3-6(11)4-10/h5-6,9-11H,3-4H2,1-2H3,(H,8,12). The van der Waals surface area contributed by atoms with E-state index in [0.717, 1.165) is 0 Å². The molecule has 0 heterocycles. The highest BCUT2D eigenvalue weighted by Gasteiger charge is 2.11. The van der Waals surface area contributed by atoms with Gasteiger partial charge in [0, 0.05) is 13.6 Å². The lowest BCUT2D eigenvalue weighted by atomic mass is 10.3. The fourth-order valence-electron chi connectivity index (χ4n) is 0.687. The van der Waals surface area contributed by atoms with Crippen LogP contribution >= 0.6 is 0 Å². The molecule has 2 atom stereocenters. The molecule has 0 rings (SSSR count). The molecule has 2 unspecified atom stereocenters. The van der Waals surface area contributed by atoms with E-state index in [9.17, 15) is 4.79 Å². The van der Waals surface area contributed by atoms with E-state index in [-0.39, 0.29) is 25.1 Å². The van der Waals surface area contributed by atoms with E-state index in [0.29, 0.717) is 0 Å². The molecule has 0 fully saturated rings. The molecular weight excluding hydrogens is 160 g/mol. The van der Waals surface area contributed by atoms with Gasteiger partial charge in [-0.25, -0.2) is 0 Å². The minimum atomic E-state index is -0.808. The Labute approximate surface area is 71.8 Å². The fraction of sp³-hybridized carbons (Fsp3) is 0.857. The smallest absolute Gasteiger partial charge is 0.236 e. The van der Waals surface area contributed by atoms with Crippen LogP contribution in [0.2, 0.25) is 0 Å². The van der Waals surface area contributed by atoms with Crippen LogP contribution in [0.15, 0.2) is 0 Å². The molecule has 0 saturated carbocycles. The van der Waals surface area contributed by atoms with E-state index in [2.05, 4.69) is 10.6 Å². The van der Waals surface area contributed by atoms with Gasteiger partial charge in [-0.2, -0.15) is 0 Å². The topological polar surface area (TPSA) is 81.6 Å². The molecule has 5 nitrogen and oxygen atoms in total. The number of rotatable bonds is 5. The zero-order valence-corrected chi connectivity index (χ0v) is 7.37. The van der Waals surface area contributed by atoms with Crippen LogP contribution in [-0.2, 0) is 4.79 Å². The highest BCUT2D eigenvalue weighted by atomic mass is 16.3. The minimum absolute atomic E-state index is 0.139. The lowest BCUT2D eigenvalue weighted by molar-refractivity contribution is -0.122. The Morgan fingerprint density at radius 1 is 1.58 bits per heavy atom. The van der Waals surface area contributed by atoms with E-state index in [1.807, 2.05) is 0 Å². The van der Waals surface area contributed by atoms with E-state index in [4.69, 9.17) is 10.2 Å². The van der Waals surface area contributed by atoms with Crippen LogP contribution in [0.5, 0.6) is 0 Å². The molecule has 0 aromatic heterocycles. The number of likely N-dealkylation sites (N-methyl/N-ethyl adjacent to an activating group) is 1. The van der Waals surface area contributed by atoms with Gasteiger partial charge in [0.05, 0.1) is 18.8 Å². The number of carbonyl (C=O) groups is 1. The molecule has 4 N–H and O–H groups in total. The maximum atomic E-state index is 10.9. The van der Waals surface area contributed by atoms with Gasteiger partial charge in [-0.1, -0.05) is 0 Å². The number of nitrogens with one attached hydrogen (secondary N) is 2. The van der Waals surface area contributed by atoms with Crippen molar-refractivity contribution in [1.29, 1.82) is 0 Å². The fourth-order valence-corrected chi connectivity index (χ4v) is 0.687. The number of carbonyl (C=O) groups excluding carboxylic acids is 1. The Bertz CT molecular complexity index is 141. The largest absolute Gasteiger partial charge is 0.394 e. The summed E-state index contributed by atoms with van der Waals surface area (Å²) in [5.74, 6) is -0.139. The summed E-state index contributed by atoms with van der Waals surface area (Å²) >= 11 is 0. The van der Waals surface area contributed by atoms with Crippen molar-refractivity contribution in [3.8, 4) is 0 Å². The van der Waals surface area contributed by atoms with Crippen molar-refractivity contribution >= 4 is 5.91 Å². The van der Waals surface area contributed by atoms with Crippen molar-refractivity contribution in [3.63, 3.8) is 0 Å². The van der Waals surface area contributed by atoms with Crippen LogP contribution in [0.1, 0.15) is 6.92 Å². The molecule has 0 aromatic rings. The van der Waals surface area contributed by atoms with E-state index in [1.54, 1.807) is 14.0 Å². The summed E-state index contributed by atoms with van der Waals surface area (Å²) in [6.45, 7) is 1.60. The second-order valence-corrected chi connectivity index (χ2v) is 2.58. The molecule has 0 aliphatic rings. The van der Waals surface area contributed by atoms with Gasteiger partial charge in [0.25, 0.3) is 0 Å². The van der Waals surface area contributed by atoms with Gasteiger partial charge in [-0.3, -0.25) is 4.79 Å². The van der Waals surface area contributed by atoms with Crippen LogP contribution in [0.3, 0.4) is 0 Å². The summed E-state index contributed by atoms with van der Waals surface area (Å²) in [4.78, 5) is 10.9. The van der Waals surface area contributed by atoms with Crippen molar-refractivity contribution in [2.45, 2.75) is 19.1 Å². The summed E-state index contributed by atoms with van der Waals surface area (Å²) in [7, 11) is 1.54. The minimum Gasteiger partial charge on any atom is -0.394 e. The van der Waals surface area contributed by atoms with Crippen molar-refractivity contribution in [2.24, 2.45) is 0 Å². The molecule has 72 valence electrons. The maximum absolute atomic E-state index is 10.9. The van der Waals surface area contributed by atoms with E-state index in [1.165, 1.54) is 0 Å². The quantitative estimate of drug-likeness (QED) is 0.393. The Morgan fingerprint density at radius 3 is 2.58 bits per heavy atom. The normalized spacial score (nSPS) is 15.3. The zero-order valence-electron chi connectivity index (χ0n) is 7.37. The number of hydrogen-bond acceptors (Lipinski definition) is 4. The predicted molar refractivity (Wildman–Crippen MR) is 44.6 cm³/mol. The second kappa shape index (κ2) is 5.93. The Balaban J connectivity index is 3.56. The van der Waals surface area contributed by atoms with Gasteiger partial charge in [0.1, 0.15) is 0 Å². The number of amides is 1. The third kappa shape index (κ3) is 4.27. The highest BCUT2D eigenvalue weighted by molar-refractivity contribution is 5.80. The zero-order chi connectivity index (χ0) is 9.56. The first-order chi connectivity index (χ1) is 5.61. The lowest BCUT2D eigenvalue weighted by Crippen LogP contribution is -2.44. The monoisotopic (exact) mass is 176 g/mol. The van der Waals surface area contributed by atoms with Crippen molar-refractivity contribution in [3.05, 3.63) is 0 Å². The molecular formula is C7H16N2O3. The van der Waals surface area contributed by atoms with Gasteiger partial charge in [0.15, 0.2) is 0 Å². The molecule has 0 spiro atoms. The van der Waals surface area contributed by atoms with E-state index < -0.39 is 6.10 Å². The number of aliphatic hydroxyl groups excluding tert-OH is 2. The average molecular weight is 176 g/mol. The summed E-state index contributed by atoms with van der Waals surface area (Å²) in [6.07, 6.45) is -0.808. The van der Waals surface area contributed by atoms with Gasteiger partial charge in [0.2, 0.25) is 5.91 Å². The maximum Gasteiger partial charge on any atom is 0.236 e. The van der Waals surface area contributed by atoms with Gasteiger partial charge in [-0.05, 0) is 6.92 Å². The molecule has 0 saturated heterocycles. The highest BCUT2D eigenvalue weighted by Crippen LogP contribution is 1.83. The van der Waals surface area contributed by atoms with Crippen LogP contribution in [0, 0.1) is 0 Å². The van der Waals surface area contributed by atoms with Crippen molar-refractivity contribution in [1.82, 2.24) is 10.6 Å². The van der Waals surface area contributed by atoms with Crippen LogP contribution in [0.25, 0.3) is 0 Å². The molecule has 5 heteroatoms. The Hall–Kier alpha value is -0.650. The third-order valence-electron chi connectivity index (χ3n) is 1.51. The molecule has 12 heavy (non-hydrogen) atoms. The average Bonchev–Trinajstić information content (AvgIpc) is 2.11. The van der Waals surface area contributed by atoms with Crippen LogP contribution < -0.4 is 10.6 Å². The first-order valence-electron chi connectivity index (χ1n) is 3.85. The molecule has 1 amide bonds. The summed E-state index contributed by atoms with van der Waals surface area (Å²) in [6, 6.07) is -0.351. The van der Waals surface area contributed by atoms with Crippen molar-refractivity contribution in [2.75, 3.05) is 20.2 Å².